The lowest BCUT2D eigenvalue weighted by Gasteiger charge is -2.41. The minimum absolute atomic E-state index is 0.572. The summed E-state index contributed by atoms with van der Waals surface area (Å²) in [5.74, 6) is -46.3. The van der Waals surface area contributed by atoms with Crippen LogP contribution < -0.4 is 0 Å². The van der Waals surface area contributed by atoms with E-state index in [-0.39, 0.29) is 0 Å². The fourth-order valence-electron chi connectivity index (χ4n) is 4.34. The molecule has 0 aromatic heterocycles. The second-order valence-electron chi connectivity index (χ2n) is 13.6. The molecule has 0 aromatic carbocycles. The number of carbonyl (C=O) groups is 6. The minimum Gasteiger partial charge on any atom is -0.462 e. The highest BCUT2D eigenvalue weighted by molar-refractivity contribution is 6.66. The van der Waals surface area contributed by atoms with Gasteiger partial charge in [0.2, 0.25) is 0 Å². The second-order valence-corrected chi connectivity index (χ2v) is 16.9. The van der Waals surface area contributed by atoms with E-state index in [9.17, 15) is 77.1 Å². The van der Waals surface area contributed by atoms with Gasteiger partial charge >= 0.3 is 80.2 Å². The summed E-state index contributed by atoms with van der Waals surface area (Å²) in [5, 5.41) is 0. The zero-order valence-corrected chi connectivity index (χ0v) is 34.9. The molecule has 0 saturated carbocycles. The first-order valence-corrected chi connectivity index (χ1v) is 20.1. The first-order chi connectivity index (χ1) is 29.6. The Hall–Kier alpha value is -5.51. The van der Waals surface area contributed by atoms with Crippen LogP contribution in [-0.2, 0) is 66.0 Å². The molecule has 0 bridgehead atoms. The van der Waals surface area contributed by atoms with Crippen molar-refractivity contribution in [3.63, 3.8) is 0 Å². The number of rotatable bonds is 31. The molecule has 0 fully saturated rings. The van der Waals surface area contributed by atoms with E-state index in [1.807, 2.05) is 0 Å². The molecule has 28 heteroatoms. The molecule has 0 aromatic rings. The Kier molecular flexibility index (Phi) is 21.6. The van der Waals surface area contributed by atoms with E-state index >= 15 is 8.78 Å². The van der Waals surface area contributed by atoms with Crippen molar-refractivity contribution in [1.82, 2.24) is 0 Å². The molecule has 0 heterocycles. The second kappa shape index (κ2) is 23.6. The molecular weight excluding hydrogens is 943 g/mol. The molecule has 0 atom stereocenters. The molecule has 368 valence electrons. The highest BCUT2D eigenvalue weighted by Crippen LogP contribution is 2.61. The predicted molar refractivity (Wildman–Crippen MR) is 196 cm³/mol. The van der Waals surface area contributed by atoms with E-state index in [4.69, 9.17) is 37.3 Å². The van der Waals surface area contributed by atoms with E-state index in [2.05, 4.69) is 39.5 Å². The molecule has 0 aliphatic carbocycles. The Morgan fingerprint density at radius 2 is 0.631 bits per heavy atom. The molecule has 65 heavy (non-hydrogen) atoms. The monoisotopic (exact) mass is 984 g/mol. The summed E-state index contributed by atoms with van der Waals surface area (Å²) >= 11 is 0. The van der Waals surface area contributed by atoms with Crippen LogP contribution in [0, 0.1) is 10.8 Å². The lowest BCUT2D eigenvalue weighted by Crippen LogP contribution is -2.70. The predicted octanol–water partition coefficient (Wildman–Crippen LogP) is 6.57. The van der Waals surface area contributed by atoms with Crippen molar-refractivity contribution in [1.29, 1.82) is 0 Å². The Labute approximate surface area is 361 Å². The van der Waals surface area contributed by atoms with Gasteiger partial charge in [0.15, 0.2) is 0 Å². The SMILES string of the molecule is C=CC(=O)OCC(COC(=O)C=C)(COC(=O)C=C)CO[Si](C)(CCC(F)(F)C(F)(F)C(F)(F)C(F)(F)C(F)(F)C(F)(F)F)OCC(COC(=O)C=C)(COC(=O)C=C)COC(=O)C=C. The summed E-state index contributed by atoms with van der Waals surface area (Å²) in [6, 6.07) is -1.91. The number of halogens is 13. The number of alkyl halides is 13. The van der Waals surface area contributed by atoms with Gasteiger partial charge in [-0.05, 0) is 12.6 Å². The quantitative estimate of drug-likeness (QED) is 0.0240. The first-order valence-electron chi connectivity index (χ1n) is 17.6. The van der Waals surface area contributed by atoms with Crippen molar-refractivity contribution in [2.45, 2.75) is 54.8 Å². The Morgan fingerprint density at radius 1 is 0.400 bits per heavy atom. The van der Waals surface area contributed by atoms with E-state index in [0.717, 1.165) is 0 Å². The third-order valence-corrected chi connectivity index (χ3v) is 11.1. The van der Waals surface area contributed by atoms with E-state index in [0.29, 0.717) is 43.0 Å². The van der Waals surface area contributed by atoms with Crippen molar-refractivity contribution in [3.05, 3.63) is 75.9 Å². The summed E-state index contributed by atoms with van der Waals surface area (Å²) < 4.78 is 224. The van der Waals surface area contributed by atoms with Gasteiger partial charge in [0.05, 0.1) is 24.0 Å². The number of hydrogen-bond acceptors (Lipinski definition) is 14. The van der Waals surface area contributed by atoms with E-state index in [1.54, 1.807) is 0 Å². The van der Waals surface area contributed by atoms with Crippen molar-refractivity contribution in [2.75, 3.05) is 52.9 Å². The van der Waals surface area contributed by atoms with Gasteiger partial charge in [-0.3, -0.25) is 0 Å². The molecule has 0 amide bonds. The van der Waals surface area contributed by atoms with Gasteiger partial charge in [0, 0.05) is 42.9 Å². The van der Waals surface area contributed by atoms with E-state index < -0.39 is 156 Å². The molecule has 0 radical (unpaired) electrons. The molecular formula is C37H41F13O14Si. The average Bonchev–Trinajstić information content (AvgIpc) is 3.25. The van der Waals surface area contributed by atoms with Crippen molar-refractivity contribution < 1.29 is 123 Å². The summed E-state index contributed by atoms with van der Waals surface area (Å²) in [4.78, 5) is 72.5. The summed E-state index contributed by atoms with van der Waals surface area (Å²) in [6.45, 7) is 10.4. The van der Waals surface area contributed by atoms with Crippen LogP contribution in [0.15, 0.2) is 75.9 Å². The number of carbonyl (C=O) groups excluding carboxylic acids is 6. The minimum atomic E-state index is -8.23. The average molecular weight is 985 g/mol. The van der Waals surface area contributed by atoms with Crippen LogP contribution in [0.2, 0.25) is 12.6 Å². The fraction of sp³-hybridized carbons (Fsp3) is 0.514. The molecule has 0 aliphatic heterocycles. The molecule has 0 saturated heterocycles. The van der Waals surface area contributed by atoms with Gasteiger partial charge in [-0.25, -0.2) is 28.8 Å². The maximum atomic E-state index is 15.3. The molecule has 0 unspecified atom stereocenters. The van der Waals surface area contributed by atoms with Crippen LogP contribution in [0.3, 0.4) is 0 Å². The van der Waals surface area contributed by atoms with Crippen LogP contribution in [0.4, 0.5) is 57.1 Å². The van der Waals surface area contributed by atoms with Gasteiger partial charge in [0.1, 0.15) is 39.6 Å². The van der Waals surface area contributed by atoms with Crippen LogP contribution >= 0.6 is 0 Å². The van der Waals surface area contributed by atoms with Crippen molar-refractivity contribution in [2.24, 2.45) is 10.8 Å². The van der Waals surface area contributed by atoms with Gasteiger partial charge in [-0.15, -0.1) is 0 Å². The standard InChI is InChI=1S/C37H41F13O14Si/c1-8-24(51)57-16-30(17-58-25(52)9-2,18-59-26(53)10-3)22-63-65(7,15-14-32(38,39)33(40,41)34(42,43)35(44,45)36(46,47)37(48,49)50)64-23-31(19-60-27(54)11-4,20-61-28(55)12-5)21-62-29(56)13-6/h8-13H,1-6,14-23H2,7H3. The lowest BCUT2D eigenvalue weighted by molar-refractivity contribution is -0.440. The van der Waals surface area contributed by atoms with Gasteiger partial charge in [-0.2, -0.15) is 57.1 Å². The highest BCUT2D eigenvalue weighted by atomic mass is 28.4. The first kappa shape index (κ1) is 59.5. The van der Waals surface area contributed by atoms with Gasteiger partial charge in [0.25, 0.3) is 0 Å². The summed E-state index contributed by atoms with van der Waals surface area (Å²) in [6.07, 6.45) is -7.14. The van der Waals surface area contributed by atoms with Crippen molar-refractivity contribution in [3.8, 4) is 0 Å². The van der Waals surface area contributed by atoms with Crippen LogP contribution in [-0.4, -0.2) is 133 Å². The zero-order chi connectivity index (χ0) is 50.9. The fourth-order valence-corrected chi connectivity index (χ4v) is 6.70. The lowest BCUT2D eigenvalue weighted by atomic mass is 9.92. The Bertz CT molecular complexity index is 1580. The zero-order valence-electron chi connectivity index (χ0n) is 33.9. The molecule has 0 spiro atoms. The smallest absolute Gasteiger partial charge is 0.460 e. The van der Waals surface area contributed by atoms with Crippen LogP contribution in [0.1, 0.15) is 6.42 Å². The number of hydrogen-bond donors (Lipinski definition) is 0. The Morgan fingerprint density at radius 3 is 0.846 bits per heavy atom. The number of ether oxygens (including phenoxy) is 6. The summed E-state index contributed by atoms with van der Waals surface area (Å²) in [7, 11) is -5.25. The Balaban J connectivity index is 7.88. The topological polar surface area (TPSA) is 176 Å². The molecule has 0 aliphatic rings. The molecule has 0 N–H and O–H groups in total. The summed E-state index contributed by atoms with van der Waals surface area (Å²) in [5.41, 5.74) is -4.51. The van der Waals surface area contributed by atoms with Crippen LogP contribution in [0.25, 0.3) is 0 Å². The third kappa shape index (κ3) is 15.9. The third-order valence-electron chi connectivity index (χ3n) is 8.38. The molecule has 14 nitrogen and oxygen atoms in total. The largest absolute Gasteiger partial charge is 0.462 e. The maximum Gasteiger partial charge on any atom is 0.460 e. The van der Waals surface area contributed by atoms with Crippen molar-refractivity contribution >= 4 is 44.4 Å². The van der Waals surface area contributed by atoms with Gasteiger partial charge < -0.3 is 37.3 Å². The van der Waals surface area contributed by atoms with E-state index in [1.165, 1.54) is 0 Å². The molecule has 0 rings (SSSR count). The van der Waals surface area contributed by atoms with Gasteiger partial charge in [-0.1, -0.05) is 39.5 Å². The van der Waals surface area contributed by atoms with Crippen LogP contribution in [0.5, 0.6) is 0 Å². The highest BCUT2D eigenvalue weighted by Gasteiger charge is 2.90. The maximum absolute atomic E-state index is 15.3. The number of esters is 6. The normalized spacial score (nSPS) is 13.0.